The van der Waals surface area contributed by atoms with E-state index in [1.165, 1.54) is 25.5 Å². The minimum atomic E-state index is 0.459. The molecule has 2 heterocycles. The van der Waals surface area contributed by atoms with Gasteiger partial charge in [0.05, 0.1) is 0 Å². The van der Waals surface area contributed by atoms with Gasteiger partial charge in [-0.15, -0.1) is 0 Å². The number of rotatable bonds is 9. The van der Waals surface area contributed by atoms with Gasteiger partial charge < -0.3 is 10.2 Å². The number of allylic oxidation sites excluding steroid dienone is 6. The average molecular weight is 448 g/mol. The molecule has 1 aliphatic heterocycles. The summed E-state index contributed by atoms with van der Waals surface area (Å²) in [6, 6.07) is 0. The van der Waals surface area contributed by atoms with Gasteiger partial charge in [-0.25, -0.2) is 0 Å². The highest BCUT2D eigenvalue weighted by Crippen LogP contribution is 2.21. The Balaban J connectivity index is 2.51. The lowest BCUT2D eigenvalue weighted by molar-refractivity contribution is 0.471. The Bertz CT molecular complexity index is 925. The molecule has 7 heteroatoms. The van der Waals surface area contributed by atoms with Crippen molar-refractivity contribution in [3.63, 3.8) is 0 Å². The summed E-state index contributed by atoms with van der Waals surface area (Å²) in [5, 5.41) is 3.30. The van der Waals surface area contributed by atoms with Crippen molar-refractivity contribution in [2.24, 2.45) is 15.9 Å². The molecule has 0 radical (unpaired) electrons. The highest BCUT2D eigenvalue weighted by molar-refractivity contribution is 6.06. The van der Waals surface area contributed by atoms with E-state index < -0.39 is 0 Å². The predicted molar refractivity (Wildman–Crippen MR) is 141 cm³/mol. The summed E-state index contributed by atoms with van der Waals surface area (Å²) >= 11 is 0. The Morgan fingerprint density at radius 1 is 1.09 bits per heavy atom. The number of nitrogens with one attached hydrogen (secondary N) is 1. The number of aromatic nitrogens is 3. The number of anilines is 2. The predicted octanol–water partition coefficient (Wildman–Crippen LogP) is 5.53. The van der Waals surface area contributed by atoms with Crippen molar-refractivity contribution in [3.05, 3.63) is 67.3 Å². The second-order valence-electron chi connectivity index (χ2n) is 7.96. The van der Waals surface area contributed by atoms with Crippen LogP contribution in [0.4, 0.5) is 11.9 Å². The maximum absolute atomic E-state index is 4.80. The van der Waals surface area contributed by atoms with Crippen molar-refractivity contribution in [1.29, 1.82) is 0 Å². The van der Waals surface area contributed by atoms with Gasteiger partial charge in [-0.2, -0.15) is 15.0 Å². The molecule has 7 nitrogen and oxygen atoms in total. The first-order valence-electron chi connectivity index (χ1n) is 11.6. The van der Waals surface area contributed by atoms with E-state index in [0.717, 1.165) is 37.5 Å². The molecule has 1 aliphatic rings. The van der Waals surface area contributed by atoms with Crippen LogP contribution in [0.2, 0.25) is 0 Å². The van der Waals surface area contributed by atoms with Gasteiger partial charge in [-0.05, 0) is 50.3 Å². The van der Waals surface area contributed by atoms with E-state index in [0.29, 0.717) is 23.4 Å². The summed E-state index contributed by atoms with van der Waals surface area (Å²) in [6.07, 6.45) is 20.3. The van der Waals surface area contributed by atoms with E-state index in [1.807, 2.05) is 37.3 Å². The number of hydrogen-bond acceptors (Lipinski definition) is 7. The molecule has 1 fully saturated rings. The standard InChI is InChI=1S/C26H37N7/c1-6-9-16-23(28-8-3)24-30-25(29-22(13-7-2)17-18-27-5)32-26(31-24)33-19-11-10-14-21(4)15-12-20-33/h6-9,13,16-18,21H,1,3,10-12,14-15,19-20H2,2,4-5H3,(H,29,30,31,32)/b13-7-,16-9-,22-17+,27-18?,28-23?. The van der Waals surface area contributed by atoms with Crippen LogP contribution < -0.4 is 10.2 Å². The minimum absolute atomic E-state index is 0.459. The van der Waals surface area contributed by atoms with Crippen molar-refractivity contribution in [2.45, 2.75) is 46.0 Å². The first-order valence-corrected chi connectivity index (χ1v) is 11.6. The Labute approximate surface area is 198 Å². The summed E-state index contributed by atoms with van der Waals surface area (Å²) in [4.78, 5) is 24.9. The Kier molecular flexibility index (Phi) is 11.5. The van der Waals surface area contributed by atoms with Crippen LogP contribution in [0.15, 0.2) is 71.5 Å². The fourth-order valence-electron chi connectivity index (χ4n) is 3.59. The van der Waals surface area contributed by atoms with Gasteiger partial charge in [-0.1, -0.05) is 51.2 Å². The van der Waals surface area contributed by atoms with Crippen molar-refractivity contribution in [2.75, 3.05) is 30.4 Å². The molecule has 0 aliphatic carbocycles. The molecule has 0 spiro atoms. The van der Waals surface area contributed by atoms with E-state index in [1.54, 1.807) is 19.3 Å². The molecule has 0 aromatic carbocycles. The average Bonchev–Trinajstić information content (AvgIpc) is 2.92. The summed E-state index contributed by atoms with van der Waals surface area (Å²) in [5.41, 5.74) is 1.43. The van der Waals surface area contributed by atoms with Gasteiger partial charge in [0.25, 0.3) is 0 Å². The van der Waals surface area contributed by atoms with Gasteiger partial charge in [-0.3, -0.25) is 9.98 Å². The van der Waals surface area contributed by atoms with Gasteiger partial charge in [0.2, 0.25) is 11.9 Å². The van der Waals surface area contributed by atoms with Crippen LogP contribution in [0.5, 0.6) is 0 Å². The SMILES string of the molecule is C=C/C=C\C(=NC=C)c1nc(NC(/C=C\C)=C/C=NC)nc(N2CCCCC(C)CCC2)n1. The second-order valence-corrected chi connectivity index (χ2v) is 7.96. The quantitative estimate of drug-likeness (QED) is 0.398. The largest absolute Gasteiger partial charge is 0.341 e. The lowest BCUT2D eigenvalue weighted by Crippen LogP contribution is -2.29. The normalized spacial score (nSPS) is 19.0. The molecule has 0 bridgehead atoms. The molecule has 1 aromatic rings. The van der Waals surface area contributed by atoms with Crippen LogP contribution in [0, 0.1) is 5.92 Å². The third kappa shape index (κ3) is 8.96. The van der Waals surface area contributed by atoms with Crippen molar-refractivity contribution in [3.8, 4) is 0 Å². The topological polar surface area (TPSA) is 78.7 Å². The van der Waals surface area contributed by atoms with Crippen LogP contribution in [-0.2, 0) is 0 Å². The highest BCUT2D eigenvalue weighted by atomic mass is 15.3. The van der Waals surface area contributed by atoms with E-state index >= 15 is 0 Å². The Hall–Kier alpha value is -3.35. The van der Waals surface area contributed by atoms with Crippen molar-refractivity contribution in [1.82, 2.24) is 15.0 Å². The molecule has 1 unspecified atom stereocenters. The molecule has 1 atom stereocenters. The zero-order valence-electron chi connectivity index (χ0n) is 20.2. The monoisotopic (exact) mass is 447 g/mol. The molecule has 176 valence electrons. The van der Waals surface area contributed by atoms with Gasteiger partial charge in [0.1, 0.15) is 5.71 Å². The first-order chi connectivity index (χ1) is 16.1. The third-order valence-electron chi connectivity index (χ3n) is 5.26. The Morgan fingerprint density at radius 2 is 1.88 bits per heavy atom. The van der Waals surface area contributed by atoms with E-state index in [4.69, 9.17) is 9.97 Å². The van der Waals surface area contributed by atoms with E-state index in [-0.39, 0.29) is 0 Å². The van der Waals surface area contributed by atoms with Crippen LogP contribution >= 0.6 is 0 Å². The molecule has 33 heavy (non-hydrogen) atoms. The minimum Gasteiger partial charge on any atom is -0.341 e. The van der Waals surface area contributed by atoms with Gasteiger partial charge in [0.15, 0.2) is 5.82 Å². The molecular formula is C26H37N7. The number of hydrogen-bond donors (Lipinski definition) is 1. The maximum Gasteiger partial charge on any atom is 0.232 e. The smallest absolute Gasteiger partial charge is 0.232 e. The lowest BCUT2D eigenvalue weighted by atomic mass is 10.00. The van der Waals surface area contributed by atoms with Gasteiger partial charge >= 0.3 is 0 Å². The second kappa shape index (κ2) is 14.7. The van der Waals surface area contributed by atoms with Crippen molar-refractivity contribution >= 4 is 23.8 Å². The van der Waals surface area contributed by atoms with Crippen LogP contribution in [-0.4, -0.2) is 47.0 Å². The number of nitrogens with zero attached hydrogens (tertiary/aromatic N) is 6. The molecule has 1 N–H and O–H groups in total. The van der Waals surface area contributed by atoms with Crippen LogP contribution in [0.1, 0.15) is 51.8 Å². The molecule has 0 amide bonds. The van der Waals surface area contributed by atoms with Crippen molar-refractivity contribution < 1.29 is 0 Å². The van der Waals surface area contributed by atoms with Gasteiger partial charge in [0, 0.05) is 38.2 Å². The zero-order chi connectivity index (χ0) is 23.9. The molecular weight excluding hydrogens is 410 g/mol. The van der Waals surface area contributed by atoms with E-state index in [9.17, 15) is 0 Å². The third-order valence-corrected chi connectivity index (χ3v) is 5.26. The summed E-state index contributed by atoms with van der Waals surface area (Å²) in [7, 11) is 1.73. The lowest BCUT2D eigenvalue weighted by Gasteiger charge is -2.23. The molecule has 0 saturated carbocycles. The summed E-state index contributed by atoms with van der Waals surface area (Å²) < 4.78 is 0. The number of aliphatic imine (C=N–C) groups is 2. The van der Waals surface area contributed by atoms with E-state index in [2.05, 4.69) is 45.3 Å². The maximum atomic E-state index is 4.80. The fraction of sp³-hybridized carbons (Fsp3) is 0.423. The first kappa shape index (κ1) is 25.9. The highest BCUT2D eigenvalue weighted by Gasteiger charge is 2.17. The molecule has 2 rings (SSSR count). The zero-order valence-corrected chi connectivity index (χ0v) is 20.2. The fourth-order valence-corrected chi connectivity index (χ4v) is 3.59. The Morgan fingerprint density at radius 3 is 2.61 bits per heavy atom. The van der Waals surface area contributed by atoms with Crippen LogP contribution in [0.3, 0.4) is 0 Å². The summed E-state index contributed by atoms with van der Waals surface area (Å²) in [6.45, 7) is 13.6. The molecule has 1 aromatic heterocycles. The van der Waals surface area contributed by atoms with Crippen LogP contribution in [0.25, 0.3) is 0 Å². The summed E-state index contributed by atoms with van der Waals surface area (Å²) in [5.74, 6) is 2.36. The molecule has 1 saturated heterocycles.